The smallest absolute Gasteiger partial charge is 0.432 e. The lowest BCUT2D eigenvalue weighted by molar-refractivity contribution is -0.977. The van der Waals surface area contributed by atoms with E-state index >= 15 is 0 Å². The van der Waals surface area contributed by atoms with Crippen molar-refractivity contribution in [3.8, 4) is 5.69 Å². The van der Waals surface area contributed by atoms with Crippen LogP contribution < -0.4 is 5.14 Å². The molecular weight excluding hydrogens is 521 g/mol. The summed E-state index contributed by atoms with van der Waals surface area (Å²) in [4.78, 5) is 36.6. The molecule has 2 N–H and O–H groups in total. The zero-order valence-corrected chi connectivity index (χ0v) is 22.0. The minimum Gasteiger partial charge on any atom is -0.432 e. The predicted molar refractivity (Wildman–Crippen MR) is 134 cm³/mol. The van der Waals surface area contributed by atoms with E-state index in [9.17, 15) is 14.1 Å². The molecule has 0 aliphatic heterocycles. The Labute approximate surface area is 222 Å². The highest BCUT2D eigenvalue weighted by Crippen LogP contribution is 2.23. The first-order chi connectivity index (χ1) is 18.3. The van der Waals surface area contributed by atoms with E-state index in [1.807, 2.05) is 32.0 Å². The van der Waals surface area contributed by atoms with Crippen LogP contribution in [0.2, 0.25) is 0 Å². The molecule has 1 heterocycles. The topological polar surface area (TPSA) is 140 Å². The molecule has 14 heteroatoms. The summed E-state index contributed by atoms with van der Waals surface area (Å²) in [7, 11) is 1.16. The van der Waals surface area contributed by atoms with Gasteiger partial charge in [0.05, 0.1) is 13.2 Å². The second-order valence-corrected chi connectivity index (χ2v) is 8.64. The Bertz CT molecular complexity index is 1260. The lowest BCUT2D eigenvalue weighted by atomic mass is 10.0. The van der Waals surface area contributed by atoms with Gasteiger partial charge in [0.1, 0.15) is 28.8 Å². The first kappa shape index (κ1) is 28.8. The van der Waals surface area contributed by atoms with Crippen molar-refractivity contribution in [1.82, 2.24) is 14.8 Å². The molecule has 0 atom stereocenters. The summed E-state index contributed by atoms with van der Waals surface area (Å²) in [6.07, 6.45) is -0.564. The number of hydrogen-bond acceptors (Lipinski definition) is 11. The van der Waals surface area contributed by atoms with Gasteiger partial charge in [-0.05, 0) is 55.1 Å². The molecule has 0 aliphatic carbocycles. The average molecular weight is 551 g/mol. The van der Waals surface area contributed by atoms with Crippen molar-refractivity contribution in [2.45, 2.75) is 31.8 Å². The SMILES string of the molecule is CO[N+](=O)OCCOCCOC(=O)OCc1nc(Cc2cc(C)ccc2C)n(-c2ccc(SN)cc2F)n1. The van der Waals surface area contributed by atoms with Gasteiger partial charge in [-0.15, -0.1) is 5.10 Å². The zero-order valence-electron chi connectivity index (χ0n) is 21.2. The number of rotatable bonds is 14. The Morgan fingerprint density at radius 2 is 1.89 bits per heavy atom. The zero-order chi connectivity index (χ0) is 27.5. The summed E-state index contributed by atoms with van der Waals surface area (Å²) in [6, 6.07) is 10.6. The van der Waals surface area contributed by atoms with E-state index in [0.717, 1.165) is 35.7 Å². The molecule has 0 unspecified atom stereocenters. The molecule has 0 aliphatic rings. The molecule has 2 aromatic carbocycles. The fraction of sp³-hybridized carbons (Fsp3) is 0.375. The second-order valence-electron chi connectivity index (χ2n) is 7.93. The number of benzene rings is 2. The maximum atomic E-state index is 14.9. The standard InChI is InChI=1S/C24H29FN5O7S/c1-16-4-5-17(2)18(12-16)13-23-27-22(28-29(23)21-7-6-19(38-26)14-20(21)25)15-36-24(31)35-10-8-34-9-11-37-30(32)33-3/h4-7,12,14H,8-11,13,15,26H2,1-3H3/q+1. The Morgan fingerprint density at radius 3 is 2.63 bits per heavy atom. The minimum absolute atomic E-state index is 0.0328. The molecule has 204 valence electrons. The lowest BCUT2D eigenvalue weighted by Gasteiger charge is -2.10. The van der Waals surface area contributed by atoms with Crippen molar-refractivity contribution >= 4 is 18.1 Å². The van der Waals surface area contributed by atoms with Gasteiger partial charge in [0.25, 0.3) is 0 Å². The van der Waals surface area contributed by atoms with Gasteiger partial charge in [-0.2, -0.15) is 9.68 Å². The molecule has 38 heavy (non-hydrogen) atoms. The van der Waals surface area contributed by atoms with Crippen molar-refractivity contribution in [3.05, 3.63) is 75.5 Å². The van der Waals surface area contributed by atoms with Crippen LogP contribution in [0, 0.1) is 24.6 Å². The maximum absolute atomic E-state index is 14.9. The van der Waals surface area contributed by atoms with Gasteiger partial charge in [0, 0.05) is 11.3 Å². The van der Waals surface area contributed by atoms with E-state index in [1.54, 1.807) is 12.1 Å². The number of aryl methyl sites for hydroxylation is 2. The third-order valence-electron chi connectivity index (χ3n) is 5.19. The molecule has 0 saturated carbocycles. The molecule has 0 radical (unpaired) electrons. The molecule has 0 bridgehead atoms. The van der Waals surface area contributed by atoms with Crippen LogP contribution in [0.25, 0.3) is 5.69 Å². The summed E-state index contributed by atoms with van der Waals surface area (Å²) >= 11 is 0.936. The third kappa shape index (κ3) is 8.39. The maximum Gasteiger partial charge on any atom is 0.508 e. The molecule has 3 rings (SSSR count). The Morgan fingerprint density at radius 1 is 1.11 bits per heavy atom. The Kier molecular flexibility index (Phi) is 10.8. The monoisotopic (exact) mass is 550 g/mol. The van der Waals surface area contributed by atoms with Gasteiger partial charge in [-0.25, -0.2) is 18.9 Å². The van der Waals surface area contributed by atoms with E-state index in [-0.39, 0.29) is 49.6 Å². The summed E-state index contributed by atoms with van der Waals surface area (Å²) in [5, 5.41) is 9.88. The summed E-state index contributed by atoms with van der Waals surface area (Å²) in [5.41, 5.74) is 3.34. The summed E-state index contributed by atoms with van der Waals surface area (Å²) < 4.78 is 31.5. The van der Waals surface area contributed by atoms with Gasteiger partial charge in [-0.1, -0.05) is 23.8 Å². The average Bonchev–Trinajstić information content (AvgIpc) is 3.30. The molecule has 0 spiro atoms. The number of aromatic nitrogens is 3. The molecule has 1 aromatic heterocycles. The van der Waals surface area contributed by atoms with Crippen molar-refractivity contribution < 1.29 is 38.2 Å². The first-order valence-electron chi connectivity index (χ1n) is 11.5. The van der Waals surface area contributed by atoms with E-state index in [1.165, 1.54) is 10.7 Å². The van der Waals surface area contributed by atoms with Crippen molar-refractivity contribution in [2.75, 3.05) is 33.5 Å². The van der Waals surface area contributed by atoms with Crippen LogP contribution in [0.1, 0.15) is 28.3 Å². The van der Waals surface area contributed by atoms with E-state index in [0.29, 0.717) is 17.1 Å². The molecule has 0 amide bonds. The number of ether oxygens (including phenoxy) is 3. The van der Waals surface area contributed by atoms with E-state index < -0.39 is 12.0 Å². The Hall–Kier alpha value is -3.75. The number of carbonyl (C=O) groups is 1. The van der Waals surface area contributed by atoms with Crippen LogP contribution in [0.3, 0.4) is 0 Å². The van der Waals surface area contributed by atoms with Gasteiger partial charge in [0.15, 0.2) is 26.1 Å². The quantitative estimate of drug-likeness (QED) is 0.136. The summed E-state index contributed by atoms with van der Waals surface area (Å²) in [5.74, 6) is 0.126. The van der Waals surface area contributed by atoms with Crippen LogP contribution in [-0.2, 0) is 36.9 Å². The minimum atomic E-state index is -0.946. The first-order valence-corrected chi connectivity index (χ1v) is 12.4. The van der Waals surface area contributed by atoms with Gasteiger partial charge >= 0.3 is 11.2 Å². The lowest BCUT2D eigenvalue weighted by Crippen LogP contribution is -2.16. The fourth-order valence-corrected chi connectivity index (χ4v) is 3.65. The van der Waals surface area contributed by atoms with Gasteiger partial charge in [0.2, 0.25) is 0 Å². The molecule has 3 aromatic rings. The highest BCUT2D eigenvalue weighted by atomic mass is 32.2. The third-order valence-corrected chi connectivity index (χ3v) is 5.72. The number of carbonyl (C=O) groups excluding carboxylic acids is 1. The second kappa shape index (κ2) is 14.3. The number of nitrogens with zero attached hydrogens (tertiary/aromatic N) is 4. The molecule has 12 nitrogen and oxygen atoms in total. The number of nitrogens with two attached hydrogens (primary N) is 1. The number of hydrogen-bond donors (Lipinski definition) is 1. The van der Waals surface area contributed by atoms with Crippen molar-refractivity contribution in [1.29, 1.82) is 0 Å². The van der Waals surface area contributed by atoms with Crippen LogP contribution >= 0.6 is 11.9 Å². The largest absolute Gasteiger partial charge is 0.508 e. The van der Waals surface area contributed by atoms with E-state index in [2.05, 4.69) is 19.8 Å². The van der Waals surface area contributed by atoms with Gasteiger partial charge in [-0.3, -0.25) is 5.14 Å². The fourth-order valence-electron chi connectivity index (χ4n) is 3.33. The summed E-state index contributed by atoms with van der Waals surface area (Å²) in [6.45, 7) is 3.73. The van der Waals surface area contributed by atoms with Crippen LogP contribution in [0.4, 0.5) is 9.18 Å². The molecule has 0 saturated heterocycles. The van der Waals surface area contributed by atoms with E-state index in [4.69, 9.17) is 19.3 Å². The Balaban J connectivity index is 1.63. The molecular formula is C24H29FN5O7S+. The van der Waals surface area contributed by atoms with Gasteiger partial charge < -0.3 is 14.2 Å². The van der Waals surface area contributed by atoms with Crippen molar-refractivity contribution in [2.24, 2.45) is 5.14 Å². The highest BCUT2D eigenvalue weighted by Gasteiger charge is 2.18. The number of halogens is 1. The normalized spacial score (nSPS) is 10.8. The van der Waals surface area contributed by atoms with Crippen LogP contribution in [0.5, 0.6) is 0 Å². The highest BCUT2D eigenvalue weighted by molar-refractivity contribution is 7.97. The predicted octanol–water partition coefficient (Wildman–Crippen LogP) is 3.52. The van der Waals surface area contributed by atoms with Crippen LogP contribution in [-0.4, -0.2) is 59.5 Å². The molecule has 0 fully saturated rings. The van der Waals surface area contributed by atoms with Crippen molar-refractivity contribution in [3.63, 3.8) is 0 Å². The van der Waals surface area contributed by atoms with Crippen LogP contribution in [0.15, 0.2) is 41.3 Å².